The van der Waals surface area contributed by atoms with Gasteiger partial charge in [0.05, 0.1) is 19.9 Å². The molecule has 2 aromatic heterocycles. The van der Waals surface area contributed by atoms with Crippen LogP contribution < -0.4 is 4.57 Å². The van der Waals surface area contributed by atoms with E-state index in [0.29, 0.717) is 0 Å². The molecule has 4 nitrogen and oxygen atoms in total. The van der Waals surface area contributed by atoms with Crippen molar-refractivity contribution in [1.82, 2.24) is 14.1 Å². The van der Waals surface area contributed by atoms with E-state index in [0.717, 1.165) is 13.1 Å². The maximum Gasteiger partial charge on any atom is 0.243 e. The predicted molar refractivity (Wildman–Crippen MR) is 77.7 cm³/mol. The summed E-state index contributed by atoms with van der Waals surface area (Å²) in [6.07, 6.45) is 17.0. The van der Waals surface area contributed by atoms with Gasteiger partial charge in [-0.2, -0.15) is 0 Å². The summed E-state index contributed by atoms with van der Waals surface area (Å²) in [5, 5.41) is 0. The lowest BCUT2D eigenvalue weighted by molar-refractivity contribution is -0.696. The summed E-state index contributed by atoms with van der Waals surface area (Å²) < 4.78 is 6.38. The maximum atomic E-state index is 3.94. The molecule has 0 radical (unpaired) electrons. The zero-order chi connectivity index (χ0) is 13.9. The third kappa shape index (κ3) is 6.79. The molecule has 2 rings (SSSR count). The smallest absolute Gasteiger partial charge is 0.243 e. The number of aromatic nitrogens is 4. The molecule has 2 heterocycles. The highest BCUT2D eigenvalue weighted by Gasteiger charge is 1.96. The monoisotopic (exact) mass is 263 g/mol. The molecule has 0 saturated carbocycles. The third-order valence-electron chi connectivity index (χ3n) is 2.92. The van der Waals surface area contributed by atoms with Crippen LogP contribution in [0.3, 0.4) is 0 Å². The SMILES string of the molecule is CCCC[n+]1ccn(C)c1.CCCCn1ccnc1. The molecule has 0 amide bonds. The van der Waals surface area contributed by atoms with Gasteiger partial charge in [0.25, 0.3) is 0 Å². The van der Waals surface area contributed by atoms with Gasteiger partial charge in [-0.25, -0.2) is 14.1 Å². The van der Waals surface area contributed by atoms with Gasteiger partial charge in [0, 0.05) is 18.9 Å². The van der Waals surface area contributed by atoms with Crippen LogP contribution in [0, 0.1) is 0 Å². The first-order valence-electron chi connectivity index (χ1n) is 7.23. The van der Waals surface area contributed by atoms with Gasteiger partial charge >= 0.3 is 0 Å². The van der Waals surface area contributed by atoms with Crippen molar-refractivity contribution in [2.75, 3.05) is 0 Å². The summed E-state index contributed by atoms with van der Waals surface area (Å²) in [5.41, 5.74) is 0. The second kappa shape index (κ2) is 9.36. The average Bonchev–Trinajstić information content (AvgIpc) is 3.06. The van der Waals surface area contributed by atoms with Crippen molar-refractivity contribution >= 4 is 0 Å². The lowest BCUT2D eigenvalue weighted by atomic mass is 10.3. The molecule has 0 fully saturated rings. The van der Waals surface area contributed by atoms with Crippen molar-refractivity contribution in [1.29, 1.82) is 0 Å². The lowest BCUT2D eigenvalue weighted by Crippen LogP contribution is -2.30. The number of hydrogen-bond acceptors (Lipinski definition) is 1. The minimum absolute atomic E-state index is 1.11. The Bertz CT molecular complexity index is 417. The van der Waals surface area contributed by atoms with E-state index in [-0.39, 0.29) is 0 Å². The molecule has 4 heteroatoms. The number of imidazole rings is 2. The summed E-state index contributed by atoms with van der Waals surface area (Å²) in [5.74, 6) is 0. The number of hydrogen-bond donors (Lipinski definition) is 0. The Morgan fingerprint density at radius 1 is 1.11 bits per heavy atom. The fraction of sp³-hybridized carbons (Fsp3) is 0.600. The van der Waals surface area contributed by atoms with E-state index < -0.39 is 0 Å². The highest BCUT2D eigenvalue weighted by molar-refractivity contribution is 4.73. The Hall–Kier alpha value is -1.58. The van der Waals surface area contributed by atoms with Gasteiger partial charge in [0.1, 0.15) is 12.4 Å². The van der Waals surface area contributed by atoms with E-state index in [1.54, 1.807) is 0 Å². The van der Waals surface area contributed by atoms with Crippen LogP contribution in [0.2, 0.25) is 0 Å². The van der Waals surface area contributed by atoms with Crippen LogP contribution in [0.4, 0.5) is 0 Å². The first kappa shape index (κ1) is 15.5. The highest BCUT2D eigenvalue weighted by Crippen LogP contribution is 1.92. The Kier molecular flexibility index (Phi) is 7.63. The topological polar surface area (TPSA) is 26.6 Å². The molecule has 0 aliphatic rings. The largest absolute Gasteiger partial charge is 0.337 e. The molecule has 0 unspecified atom stereocenters. The summed E-state index contributed by atoms with van der Waals surface area (Å²) in [4.78, 5) is 3.94. The second-order valence-corrected chi connectivity index (χ2v) is 4.82. The predicted octanol–water partition coefficient (Wildman–Crippen LogP) is 2.80. The maximum absolute atomic E-state index is 3.94. The van der Waals surface area contributed by atoms with Crippen LogP contribution in [0.15, 0.2) is 37.4 Å². The van der Waals surface area contributed by atoms with Crippen LogP contribution >= 0.6 is 0 Å². The lowest BCUT2D eigenvalue weighted by Gasteiger charge is -1.96. The van der Waals surface area contributed by atoms with Crippen LogP contribution in [0.5, 0.6) is 0 Å². The van der Waals surface area contributed by atoms with Crippen molar-refractivity contribution in [3.8, 4) is 0 Å². The molecule has 0 spiro atoms. The van der Waals surface area contributed by atoms with Crippen LogP contribution in [0.1, 0.15) is 39.5 Å². The van der Waals surface area contributed by atoms with E-state index in [1.807, 2.05) is 25.8 Å². The Morgan fingerprint density at radius 3 is 2.42 bits per heavy atom. The van der Waals surface area contributed by atoms with Crippen LogP contribution in [-0.4, -0.2) is 14.1 Å². The first-order chi connectivity index (χ1) is 9.26. The van der Waals surface area contributed by atoms with Gasteiger partial charge in [-0.1, -0.05) is 26.7 Å². The first-order valence-corrected chi connectivity index (χ1v) is 7.23. The van der Waals surface area contributed by atoms with Crippen LogP contribution in [0.25, 0.3) is 0 Å². The molecular formula is C15H27N4+. The van der Waals surface area contributed by atoms with Crippen molar-refractivity contribution < 1.29 is 4.57 Å². The zero-order valence-corrected chi connectivity index (χ0v) is 12.5. The second-order valence-electron chi connectivity index (χ2n) is 4.82. The van der Waals surface area contributed by atoms with Gasteiger partial charge in [0.2, 0.25) is 6.33 Å². The summed E-state index contributed by atoms with van der Waals surface area (Å²) in [6.45, 7) is 6.66. The molecule has 0 bridgehead atoms. The normalized spacial score (nSPS) is 10.1. The summed E-state index contributed by atoms with van der Waals surface area (Å²) >= 11 is 0. The van der Waals surface area contributed by atoms with Gasteiger partial charge < -0.3 is 4.57 Å². The third-order valence-corrected chi connectivity index (χ3v) is 2.92. The van der Waals surface area contributed by atoms with Crippen LogP contribution in [-0.2, 0) is 20.1 Å². The van der Waals surface area contributed by atoms with E-state index >= 15 is 0 Å². The van der Waals surface area contributed by atoms with Gasteiger partial charge in [-0.3, -0.25) is 0 Å². The van der Waals surface area contributed by atoms with E-state index in [1.165, 1.54) is 25.7 Å². The molecule has 0 aromatic carbocycles. The van der Waals surface area contributed by atoms with E-state index in [9.17, 15) is 0 Å². The number of nitrogens with zero attached hydrogens (tertiary/aromatic N) is 4. The summed E-state index contributed by atoms with van der Waals surface area (Å²) in [6, 6.07) is 0. The Labute approximate surface area is 116 Å². The van der Waals surface area contributed by atoms with E-state index in [4.69, 9.17) is 0 Å². The molecule has 2 aromatic rings. The van der Waals surface area contributed by atoms with Crippen molar-refractivity contribution in [3.05, 3.63) is 37.4 Å². The van der Waals surface area contributed by atoms with Gasteiger partial charge in [0.15, 0.2) is 0 Å². The van der Waals surface area contributed by atoms with Crippen molar-refractivity contribution in [3.63, 3.8) is 0 Å². The average molecular weight is 263 g/mol. The fourth-order valence-electron chi connectivity index (χ4n) is 1.73. The molecule has 0 saturated heterocycles. The quantitative estimate of drug-likeness (QED) is 0.736. The molecule has 0 aliphatic heterocycles. The molecule has 0 N–H and O–H groups in total. The number of aryl methyl sites for hydroxylation is 3. The molecule has 0 aliphatic carbocycles. The molecular weight excluding hydrogens is 236 g/mol. The summed E-state index contributed by atoms with van der Waals surface area (Å²) in [7, 11) is 2.04. The van der Waals surface area contributed by atoms with Crippen molar-refractivity contribution in [2.45, 2.75) is 52.6 Å². The number of unbranched alkanes of at least 4 members (excludes halogenated alkanes) is 2. The minimum Gasteiger partial charge on any atom is -0.337 e. The fourth-order valence-corrected chi connectivity index (χ4v) is 1.73. The number of rotatable bonds is 6. The zero-order valence-electron chi connectivity index (χ0n) is 12.5. The van der Waals surface area contributed by atoms with Gasteiger partial charge in [-0.15, -0.1) is 0 Å². The van der Waals surface area contributed by atoms with Gasteiger partial charge in [-0.05, 0) is 12.8 Å². The van der Waals surface area contributed by atoms with Crippen molar-refractivity contribution in [2.24, 2.45) is 7.05 Å². The highest BCUT2D eigenvalue weighted by atomic mass is 15.1. The molecule has 106 valence electrons. The molecule has 19 heavy (non-hydrogen) atoms. The Morgan fingerprint density at radius 2 is 1.89 bits per heavy atom. The van der Waals surface area contributed by atoms with E-state index in [2.05, 4.69) is 51.3 Å². The molecule has 0 atom stereocenters. The minimum atomic E-state index is 1.11. The Balaban J connectivity index is 0.000000191. The standard InChI is InChI=1S/C8H15N2.C7H12N2/c1-3-4-5-10-7-6-9(2)8-10;1-2-3-5-9-6-4-8-7-9/h6-8H,3-5H2,1-2H3;4,6-7H,2-3,5H2,1H3/q+1;.